The fraction of sp³-hybridized carbons (Fsp3) is 0.412. The molecule has 3 aromatic heterocycles. The van der Waals surface area contributed by atoms with Crippen LogP contribution in [-0.4, -0.2) is 76.1 Å². The van der Waals surface area contributed by atoms with Crippen LogP contribution in [0.4, 0.5) is 0 Å². The molecule has 156 valence electrons. The molecule has 1 aliphatic heterocycles. The number of rotatable bonds is 5. The van der Waals surface area contributed by atoms with Crippen molar-refractivity contribution in [2.24, 2.45) is 7.05 Å². The molecule has 29 heavy (non-hydrogen) atoms. The van der Waals surface area contributed by atoms with E-state index in [1.165, 1.54) is 10.6 Å². The SMILES string of the molecule is Cn1cc(-c2cc3nccnc3c(OC[C@@H]3CN(S(C)(=O)=O)CCO3)n2)cn1.S. The van der Waals surface area contributed by atoms with Gasteiger partial charge in [0.1, 0.15) is 12.7 Å². The first kappa shape index (κ1) is 21.4. The van der Waals surface area contributed by atoms with Crippen LogP contribution in [0.15, 0.2) is 30.9 Å². The average molecular weight is 439 g/mol. The molecular weight excluding hydrogens is 416 g/mol. The van der Waals surface area contributed by atoms with E-state index < -0.39 is 10.0 Å². The predicted octanol–water partition coefficient (Wildman–Crippen LogP) is 0.577. The lowest BCUT2D eigenvalue weighted by Gasteiger charge is -2.30. The molecule has 0 amide bonds. The Morgan fingerprint density at radius 1 is 1.31 bits per heavy atom. The van der Waals surface area contributed by atoms with Crippen molar-refractivity contribution in [1.82, 2.24) is 29.0 Å². The maximum absolute atomic E-state index is 11.8. The minimum atomic E-state index is -3.27. The molecule has 0 aliphatic carbocycles. The van der Waals surface area contributed by atoms with Crippen molar-refractivity contribution in [3.05, 3.63) is 30.9 Å². The van der Waals surface area contributed by atoms with Crippen LogP contribution < -0.4 is 4.74 Å². The average Bonchev–Trinajstić information content (AvgIpc) is 3.12. The summed E-state index contributed by atoms with van der Waals surface area (Å²) in [6, 6.07) is 1.83. The van der Waals surface area contributed by atoms with Gasteiger partial charge in [0.05, 0.1) is 30.3 Å². The molecule has 0 aromatic carbocycles. The van der Waals surface area contributed by atoms with Crippen LogP contribution in [0.2, 0.25) is 0 Å². The second-order valence-electron chi connectivity index (χ2n) is 6.56. The summed E-state index contributed by atoms with van der Waals surface area (Å²) in [5, 5.41) is 4.17. The second kappa shape index (κ2) is 8.61. The first-order valence-electron chi connectivity index (χ1n) is 8.70. The van der Waals surface area contributed by atoms with Crippen molar-refractivity contribution in [3.8, 4) is 17.1 Å². The van der Waals surface area contributed by atoms with Crippen LogP contribution in [0.25, 0.3) is 22.3 Å². The van der Waals surface area contributed by atoms with Gasteiger partial charge in [0.25, 0.3) is 0 Å². The predicted molar refractivity (Wildman–Crippen MR) is 112 cm³/mol. The molecular formula is C17H22N6O4S2. The molecule has 0 radical (unpaired) electrons. The van der Waals surface area contributed by atoms with Gasteiger partial charge in [0.2, 0.25) is 15.9 Å². The van der Waals surface area contributed by atoms with Crippen LogP contribution in [0, 0.1) is 0 Å². The minimum Gasteiger partial charge on any atom is -0.473 e. The quantitative estimate of drug-likeness (QED) is 0.569. The highest BCUT2D eigenvalue weighted by atomic mass is 32.2. The molecule has 0 spiro atoms. The number of ether oxygens (including phenoxy) is 2. The van der Waals surface area contributed by atoms with Crippen LogP contribution in [0.3, 0.4) is 0 Å². The number of aryl methyl sites for hydroxylation is 1. The van der Waals surface area contributed by atoms with E-state index in [9.17, 15) is 8.42 Å². The third kappa shape index (κ3) is 4.83. The Morgan fingerprint density at radius 2 is 2.10 bits per heavy atom. The lowest BCUT2D eigenvalue weighted by molar-refractivity contribution is -0.0252. The molecule has 10 nitrogen and oxygen atoms in total. The summed E-state index contributed by atoms with van der Waals surface area (Å²) in [7, 11) is -1.44. The number of sulfonamides is 1. The summed E-state index contributed by atoms with van der Waals surface area (Å²) in [6.07, 6.45) is 7.54. The van der Waals surface area contributed by atoms with Crippen LogP contribution in [0.5, 0.6) is 5.88 Å². The number of hydrogen-bond donors (Lipinski definition) is 0. The molecule has 4 heterocycles. The molecule has 0 bridgehead atoms. The van der Waals surface area contributed by atoms with Crippen LogP contribution in [0.1, 0.15) is 0 Å². The molecule has 1 saturated heterocycles. The number of hydrogen-bond acceptors (Lipinski definition) is 8. The largest absolute Gasteiger partial charge is 0.473 e. The van der Waals surface area contributed by atoms with Gasteiger partial charge in [-0.05, 0) is 6.07 Å². The highest BCUT2D eigenvalue weighted by Crippen LogP contribution is 2.26. The summed E-state index contributed by atoms with van der Waals surface area (Å²) < 4.78 is 38.2. The topological polar surface area (TPSA) is 112 Å². The van der Waals surface area contributed by atoms with E-state index in [0.29, 0.717) is 35.8 Å². The van der Waals surface area contributed by atoms with Gasteiger partial charge in [-0.25, -0.2) is 18.4 Å². The zero-order chi connectivity index (χ0) is 19.7. The molecule has 4 rings (SSSR count). The molecule has 1 atom stereocenters. The van der Waals surface area contributed by atoms with Crippen molar-refractivity contribution in [1.29, 1.82) is 0 Å². The van der Waals surface area contributed by atoms with Gasteiger partial charge in [-0.3, -0.25) is 9.67 Å². The molecule has 1 aliphatic rings. The van der Waals surface area contributed by atoms with Gasteiger partial charge in [-0.2, -0.15) is 22.9 Å². The summed E-state index contributed by atoms with van der Waals surface area (Å²) in [6.45, 7) is 1.06. The molecule has 0 saturated carbocycles. The fourth-order valence-electron chi connectivity index (χ4n) is 3.01. The highest BCUT2D eigenvalue weighted by molar-refractivity contribution is 7.88. The summed E-state index contributed by atoms with van der Waals surface area (Å²) in [5.41, 5.74) is 2.68. The standard InChI is InChI=1S/C17H20N6O4S.H2S/c1-22-9-12(8-20-22)14-7-15-16(19-4-3-18-15)17(21-14)27-11-13-10-23(5-6-26-13)28(2,24)25;/h3-4,7-9,13H,5-6,10-11H2,1-2H3;1H2/t13-;/m0./s1. The molecule has 12 heteroatoms. The fourth-order valence-corrected chi connectivity index (χ4v) is 3.85. The van der Waals surface area contributed by atoms with Gasteiger partial charge >= 0.3 is 0 Å². The molecule has 0 unspecified atom stereocenters. The lowest BCUT2D eigenvalue weighted by atomic mass is 10.2. The maximum Gasteiger partial charge on any atom is 0.242 e. The Labute approximate surface area is 175 Å². The third-order valence-electron chi connectivity index (χ3n) is 4.40. The lowest BCUT2D eigenvalue weighted by Crippen LogP contribution is -2.47. The monoisotopic (exact) mass is 438 g/mol. The zero-order valence-electron chi connectivity index (χ0n) is 16.0. The Kier molecular flexibility index (Phi) is 6.36. The van der Waals surface area contributed by atoms with Crippen LogP contribution in [-0.2, 0) is 21.8 Å². The summed E-state index contributed by atoms with van der Waals surface area (Å²) in [5.74, 6) is 0.324. The zero-order valence-corrected chi connectivity index (χ0v) is 17.8. The minimum absolute atomic E-state index is 0. The van der Waals surface area contributed by atoms with Crippen molar-refractivity contribution in [3.63, 3.8) is 0 Å². The Bertz CT molecular complexity index is 1100. The van der Waals surface area contributed by atoms with Gasteiger partial charge < -0.3 is 9.47 Å². The normalized spacial score (nSPS) is 17.8. The van der Waals surface area contributed by atoms with E-state index in [2.05, 4.69) is 20.1 Å². The summed E-state index contributed by atoms with van der Waals surface area (Å²) >= 11 is 0. The Balaban J connectivity index is 0.00000240. The van der Waals surface area contributed by atoms with Crippen molar-refractivity contribution in [2.45, 2.75) is 6.10 Å². The molecule has 3 aromatic rings. The molecule has 1 fully saturated rings. The van der Waals surface area contributed by atoms with E-state index >= 15 is 0 Å². The maximum atomic E-state index is 11.8. The number of pyridine rings is 1. The Hall–Kier alpha value is -2.28. The number of fused-ring (bicyclic) bond motifs is 1. The van der Waals surface area contributed by atoms with E-state index in [4.69, 9.17) is 9.47 Å². The Morgan fingerprint density at radius 3 is 2.83 bits per heavy atom. The van der Waals surface area contributed by atoms with Gasteiger partial charge in [-0.1, -0.05) is 0 Å². The first-order valence-corrected chi connectivity index (χ1v) is 10.6. The molecule has 0 N–H and O–H groups in total. The third-order valence-corrected chi connectivity index (χ3v) is 5.67. The number of nitrogens with zero attached hydrogens (tertiary/aromatic N) is 6. The highest BCUT2D eigenvalue weighted by Gasteiger charge is 2.27. The van der Waals surface area contributed by atoms with Crippen LogP contribution >= 0.6 is 13.5 Å². The van der Waals surface area contributed by atoms with E-state index in [0.717, 1.165) is 5.56 Å². The van der Waals surface area contributed by atoms with Gasteiger partial charge in [-0.15, -0.1) is 0 Å². The number of morpholine rings is 1. The first-order chi connectivity index (χ1) is 13.4. The van der Waals surface area contributed by atoms with Gasteiger partial charge in [0.15, 0.2) is 5.52 Å². The van der Waals surface area contributed by atoms with Crippen molar-refractivity contribution >= 4 is 34.6 Å². The smallest absolute Gasteiger partial charge is 0.242 e. The van der Waals surface area contributed by atoms with E-state index in [1.54, 1.807) is 23.3 Å². The van der Waals surface area contributed by atoms with Crippen molar-refractivity contribution < 1.29 is 17.9 Å². The van der Waals surface area contributed by atoms with Crippen molar-refractivity contribution in [2.75, 3.05) is 32.6 Å². The summed E-state index contributed by atoms with van der Waals surface area (Å²) in [4.78, 5) is 13.2. The van der Waals surface area contributed by atoms with Gasteiger partial charge in [0, 0.05) is 44.3 Å². The second-order valence-corrected chi connectivity index (χ2v) is 8.55. The number of aromatic nitrogens is 5. The van der Waals surface area contributed by atoms with E-state index in [1.807, 2.05) is 19.3 Å². The van der Waals surface area contributed by atoms with E-state index in [-0.39, 0.29) is 32.8 Å².